The van der Waals surface area contributed by atoms with Crippen molar-refractivity contribution in [2.45, 2.75) is 11.3 Å². The van der Waals surface area contributed by atoms with E-state index in [0.717, 1.165) is 6.07 Å². The molecular weight excluding hydrogens is 380 g/mol. The Morgan fingerprint density at radius 2 is 1.92 bits per heavy atom. The zero-order chi connectivity index (χ0) is 17.7. The molecule has 5 nitrogen and oxygen atoms in total. The van der Waals surface area contributed by atoms with E-state index in [1.807, 2.05) is 0 Å². The second kappa shape index (κ2) is 8.02. The van der Waals surface area contributed by atoms with Gasteiger partial charge in [0, 0.05) is 11.6 Å². The maximum absolute atomic E-state index is 13.3. The van der Waals surface area contributed by atoms with Crippen LogP contribution in [-0.4, -0.2) is 26.7 Å². The fraction of sp³-hybridized carbons (Fsp3) is 0.200. The highest BCUT2D eigenvalue weighted by Crippen LogP contribution is 2.33. The monoisotopic (exact) mass is 393 g/mol. The van der Waals surface area contributed by atoms with Gasteiger partial charge in [-0.1, -0.05) is 35.3 Å². The fourth-order valence-corrected chi connectivity index (χ4v) is 3.68. The number of benzene rings is 2. The summed E-state index contributed by atoms with van der Waals surface area (Å²) in [5, 5.41) is 9.69. The van der Waals surface area contributed by atoms with Crippen LogP contribution >= 0.6 is 23.2 Å². The lowest BCUT2D eigenvalue weighted by Crippen LogP contribution is -2.26. The smallest absolute Gasteiger partial charge is 0.244 e. The standard InChI is InChI=1S/C15H14Cl2FNO4S/c16-10-8-11(17)15(20)14(9-10)24(21,22)19-6-3-7-23-13-5-2-1-4-12(13)18/h1-2,4-5,8-9,19-20H,3,6-7H2. The molecule has 0 amide bonds. The largest absolute Gasteiger partial charge is 0.505 e. The molecule has 2 N–H and O–H groups in total. The first-order valence-electron chi connectivity index (χ1n) is 6.86. The molecule has 2 aromatic carbocycles. The maximum atomic E-state index is 13.3. The van der Waals surface area contributed by atoms with Crippen molar-refractivity contribution >= 4 is 33.2 Å². The van der Waals surface area contributed by atoms with Gasteiger partial charge in [0.25, 0.3) is 0 Å². The van der Waals surface area contributed by atoms with Gasteiger partial charge >= 0.3 is 0 Å². The minimum Gasteiger partial charge on any atom is -0.505 e. The Bertz CT molecular complexity index is 830. The Kier molecular flexibility index (Phi) is 6.28. The van der Waals surface area contributed by atoms with E-state index >= 15 is 0 Å². The lowest BCUT2D eigenvalue weighted by Gasteiger charge is -2.10. The van der Waals surface area contributed by atoms with E-state index in [9.17, 15) is 17.9 Å². The molecule has 24 heavy (non-hydrogen) atoms. The number of sulfonamides is 1. The maximum Gasteiger partial charge on any atom is 0.244 e. The number of rotatable bonds is 7. The first kappa shape index (κ1) is 18.8. The van der Waals surface area contributed by atoms with E-state index in [1.54, 1.807) is 12.1 Å². The molecule has 130 valence electrons. The van der Waals surface area contributed by atoms with Gasteiger partial charge in [0.15, 0.2) is 17.3 Å². The van der Waals surface area contributed by atoms with E-state index in [0.29, 0.717) is 6.42 Å². The number of nitrogens with one attached hydrogen (secondary N) is 1. The van der Waals surface area contributed by atoms with Crippen LogP contribution in [0.5, 0.6) is 11.5 Å². The molecule has 0 saturated heterocycles. The van der Waals surface area contributed by atoms with Gasteiger partial charge in [-0.05, 0) is 30.7 Å². The SMILES string of the molecule is O=S(=O)(NCCCOc1ccccc1F)c1cc(Cl)cc(Cl)c1O. The quantitative estimate of drug-likeness (QED) is 0.704. The number of phenols is 1. The first-order chi connectivity index (χ1) is 11.3. The van der Waals surface area contributed by atoms with Gasteiger partial charge in [-0.25, -0.2) is 17.5 Å². The van der Waals surface area contributed by atoms with Crippen molar-refractivity contribution < 1.29 is 22.7 Å². The number of halogens is 3. The Morgan fingerprint density at radius 1 is 1.21 bits per heavy atom. The van der Waals surface area contributed by atoms with Gasteiger partial charge < -0.3 is 9.84 Å². The Morgan fingerprint density at radius 3 is 2.62 bits per heavy atom. The topological polar surface area (TPSA) is 75.6 Å². The molecule has 2 aromatic rings. The molecule has 0 aromatic heterocycles. The lowest BCUT2D eigenvalue weighted by molar-refractivity contribution is 0.296. The molecule has 0 radical (unpaired) electrons. The Hall–Kier alpha value is -1.54. The van der Waals surface area contributed by atoms with Crippen molar-refractivity contribution in [1.29, 1.82) is 0 Å². The summed E-state index contributed by atoms with van der Waals surface area (Å²) < 4.78 is 45.2. The number of ether oxygens (including phenoxy) is 1. The van der Waals surface area contributed by atoms with E-state index in [1.165, 1.54) is 18.2 Å². The number of hydrogen-bond acceptors (Lipinski definition) is 4. The van der Waals surface area contributed by atoms with Gasteiger partial charge in [-0.2, -0.15) is 0 Å². The van der Waals surface area contributed by atoms with Crippen LogP contribution in [0.2, 0.25) is 10.0 Å². The zero-order valence-electron chi connectivity index (χ0n) is 12.3. The molecule has 0 unspecified atom stereocenters. The number of hydrogen-bond donors (Lipinski definition) is 2. The highest BCUT2D eigenvalue weighted by atomic mass is 35.5. The second-order valence-corrected chi connectivity index (χ2v) is 7.34. The van der Waals surface area contributed by atoms with Gasteiger partial charge in [0.1, 0.15) is 4.90 Å². The summed E-state index contributed by atoms with van der Waals surface area (Å²) in [6.07, 6.45) is 0.294. The first-order valence-corrected chi connectivity index (χ1v) is 9.10. The predicted octanol–water partition coefficient (Wildman–Crippen LogP) is 3.59. The average molecular weight is 394 g/mol. The van der Waals surface area contributed by atoms with Gasteiger partial charge in [-0.15, -0.1) is 0 Å². The number of aromatic hydroxyl groups is 1. The van der Waals surface area contributed by atoms with Crippen LogP contribution in [-0.2, 0) is 10.0 Å². The van der Waals surface area contributed by atoms with Gasteiger partial charge in [0.2, 0.25) is 10.0 Å². The molecule has 0 atom stereocenters. The molecule has 0 saturated carbocycles. The third-order valence-electron chi connectivity index (χ3n) is 2.99. The third-order valence-corrected chi connectivity index (χ3v) is 4.97. The van der Waals surface area contributed by atoms with E-state index in [-0.39, 0.29) is 28.9 Å². The minimum atomic E-state index is -3.99. The van der Waals surface area contributed by atoms with Crippen molar-refractivity contribution in [1.82, 2.24) is 4.72 Å². The van der Waals surface area contributed by atoms with Crippen LogP contribution in [0.1, 0.15) is 6.42 Å². The summed E-state index contributed by atoms with van der Waals surface area (Å²) in [6.45, 7) is 0.145. The fourth-order valence-electron chi connectivity index (χ4n) is 1.85. The highest BCUT2D eigenvalue weighted by Gasteiger charge is 2.21. The average Bonchev–Trinajstić information content (AvgIpc) is 2.52. The number of phenolic OH excluding ortho intramolecular Hbond substituents is 1. The van der Waals surface area contributed by atoms with E-state index in [2.05, 4.69) is 4.72 Å². The zero-order valence-corrected chi connectivity index (χ0v) is 14.6. The summed E-state index contributed by atoms with van der Waals surface area (Å²) in [4.78, 5) is -0.407. The summed E-state index contributed by atoms with van der Waals surface area (Å²) >= 11 is 11.5. The minimum absolute atomic E-state index is 0.0281. The summed E-state index contributed by atoms with van der Waals surface area (Å²) in [5.41, 5.74) is 0. The van der Waals surface area contributed by atoms with Crippen LogP contribution in [0.4, 0.5) is 4.39 Å². The highest BCUT2D eigenvalue weighted by molar-refractivity contribution is 7.89. The van der Waals surface area contributed by atoms with Crippen molar-refractivity contribution in [3.63, 3.8) is 0 Å². The molecule has 9 heteroatoms. The van der Waals surface area contributed by atoms with Crippen molar-refractivity contribution in [2.75, 3.05) is 13.2 Å². The summed E-state index contributed by atoms with van der Waals surface area (Å²) in [6, 6.07) is 8.25. The molecule has 0 heterocycles. The van der Waals surface area contributed by atoms with E-state index < -0.39 is 26.5 Å². The number of para-hydroxylation sites is 1. The third kappa shape index (κ3) is 4.73. The second-order valence-electron chi connectivity index (χ2n) is 4.76. The van der Waals surface area contributed by atoms with Gasteiger partial charge in [-0.3, -0.25) is 0 Å². The van der Waals surface area contributed by atoms with Crippen LogP contribution in [0, 0.1) is 5.82 Å². The molecule has 0 bridgehead atoms. The Labute approximate surface area is 149 Å². The molecule has 2 rings (SSSR count). The van der Waals surface area contributed by atoms with Crippen molar-refractivity contribution in [2.24, 2.45) is 0 Å². The summed E-state index contributed by atoms with van der Waals surface area (Å²) in [7, 11) is -3.99. The molecule has 0 aliphatic heterocycles. The molecule has 0 fully saturated rings. The predicted molar refractivity (Wildman–Crippen MR) is 89.8 cm³/mol. The van der Waals surface area contributed by atoms with Crippen LogP contribution in [0.3, 0.4) is 0 Å². The Balaban J connectivity index is 1.91. The molecule has 0 aliphatic rings. The van der Waals surface area contributed by atoms with Crippen LogP contribution in [0.15, 0.2) is 41.3 Å². The summed E-state index contributed by atoms with van der Waals surface area (Å²) in [5.74, 6) is -0.965. The van der Waals surface area contributed by atoms with Gasteiger partial charge in [0.05, 0.1) is 11.6 Å². The normalized spacial score (nSPS) is 11.5. The molecular formula is C15H14Cl2FNO4S. The van der Waals surface area contributed by atoms with Crippen molar-refractivity contribution in [3.05, 3.63) is 52.3 Å². The lowest BCUT2D eigenvalue weighted by atomic mass is 10.3. The van der Waals surface area contributed by atoms with E-state index in [4.69, 9.17) is 27.9 Å². The van der Waals surface area contributed by atoms with Crippen molar-refractivity contribution in [3.8, 4) is 11.5 Å². The molecule has 0 spiro atoms. The molecule has 0 aliphatic carbocycles. The van der Waals surface area contributed by atoms with Crippen LogP contribution in [0.25, 0.3) is 0 Å². The van der Waals surface area contributed by atoms with Crippen LogP contribution < -0.4 is 9.46 Å².